The Kier molecular flexibility index (Phi) is 10.8. The lowest BCUT2D eigenvalue weighted by molar-refractivity contribution is -0.139. The molecule has 3 aromatic heterocycles. The number of nitrogens with zero attached hydrogens (tertiary/aromatic N) is 6. The molecule has 42 heavy (non-hydrogen) atoms. The summed E-state index contributed by atoms with van der Waals surface area (Å²) in [4.78, 5) is 19.0. The molecular weight excluding hydrogens is 549 g/mol. The van der Waals surface area contributed by atoms with Crippen LogP contribution in [0.4, 0.5) is 18.9 Å². The molecular formula is C29H41F3N8O2. The third kappa shape index (κ3) is 8.57. The van der Waals surface area contributed by atoms with Gasteiger partial charge in [-0.1, -0.05) is 31.5 Å². The highest BCUT2D eigenvalue weighted by Gasteiger charge is 2.31. The Labute approximate surface area is 244 Å². The molecule has 4 heterocycles. The number of carbonyl (C=O) groups is 1. The summed E-state index contributed by atoms with van der Waals surface area (Å²) in [6.07, 6.45) is 2.87. The molecule has 1 aromatic carbocycles. The van der Waals surface area contributed by atoms with E-state index in [1.807, 2.05) is 34.6 Å². The molecule has 0 unspecified atom stereocenters. The first-order valence-corrected chi connectivity index (χ1v) is 14.1. The lowest BCUT2D eigenvalue weighted by Crippen LogP contribution is -2.24. The van der Waals surface area contributed by atoms with Gasteiger partial charge in [-0.25, -0.2) is 0 Å². The maximum Gasteiger partial charge on any atom is 0.406 e. The summed E-state index contributed by atoms with van der Waals surface area (Å²) in [5.74, 6) is -0.401. The van der Waals surface area contributed by atoms with Gasteiger partial charge >= 0.3 is 6.18 Å². The van der Waals surface area contributed by atoms with Crippen LogP contribution in [0.2, 0.25) is 0 Å². The number of carbonyl (C=O) groups excluding carboxylic acids is 1. The van der Waals surface area contributed by atoms with Gasteiger partial charge < -0.3 is 25.0 Å². The third-order valence-corrected chi connectivity index (χ3v) is 6.53. The largest absolute Gasteiger partial charge is 0.406 e. The Hall–Kier alpha value is -3.87. The van der Waals surface area contributed by atoms with Crippen LogP contribution < -0.4 is 11.1 Å². The highest BCUT2D eigenvalue weighted by molar-refractivity contribution is 5.95. The minimum atomic E-state index is -4.47. The van der Waals surface area contributed by atoms with Gasteiger partial charge in [0.25, 0.3) is 5.91 Å². The average molecular weight is 591 g/mol. The number of benzene rings is 1. The fraction of sp³-hybridized carbons (Fsp3) is 0.517. The van der Waals surface area contributed by atoms with Crippen LogP contribution in [-0.4, -0.2) is 61.6 Å². The van der Waals surface area contributed by atoms with Crippen molar-refractivity contribution in [2.45, 2.75) is 78.7 Å². The van der Waals surface area contributed by atoms with Crippen LogP contribution in [0.25, 0.3) is 22.4 Å². The smallest absolute Gasteiger partial charge is 0.398 e. The number of hydrogen-bond donors (Lipinski definition) is 2. The van der Waals surface area contributed by atoms with Crippen molar-refractivity contribution in [3.63, 3.8) is 0 Å². The number of nitrogens with two attached hydrogens (primary N) is 1. The van der Waals surface area contributed by atoms with E-state index < -0.39 is 18.6 Å². The van der Waals surface area contributed by atoms with Gasteiger partial charge in [0, 0.05) is 17.3 Å². The van der Waals surface area contributed by atoms with Crippen molar-refractivity contribution in [1.29, 1.82) is 0 Å². The van der Waals surface area contributed by atoms with Gasteiger partial charge in [0.2, 0.25) is 11.7 Å². The van der Waals surface area contributed by atoms with E-state index in [-0.39, 0.29) is 29.5 Å². The molecule has 13 heteroatoms. The molecule has 0 radical (unpaired) electrons. The summed E-state index contributed by atoms with van der Waals surface area (Å²) < 4.78 is 47.5. The van der Waals surface area contributed by atoms with Crippen molar-refractivity contribution in [2.75, 3.05) is 25.9 Å². The van der Waals surface area contributed by atoms with Gasteiger partial charge in [-0.15, -0.1) is 0 Å². The van der Waals surface area contributed by atoms with Crippen molar-refractivity contribution in [1.82, 2.24) is 34.7 Å². The Balaban J connectivity index is 0.000000465. The summed E-state index contributed by atoms with van der Waals surface area (Å²) in [6, 6.07) is 6.21. The van der Waals surface area contributed by atoms with Gasteiger partial charge in [0.15, 0.2) is 0 Å². The fourth-order valence-corrected chi connectivity index (χ4v) is 4.39. The Morgan fingerprint density at radius 3 is 2.38 bits per heavy atom. The molecule has 230 valence electrons. The number of nitrogens with one attached hydrogen (secondary N) is 1. The van der Waals surface area contributed by atoms with Crippen LogP contribution in [0.15, 0.2) is 41.2 Å². The van der Waals surface area contributed by atoms with Crippen molar-refractivity contribution in [3.05, 3.63) is 48.1 Å². The number of rotatable bonds is 5. The standard InChI is InChI=1S/C21H22F3N7O2.C6H13N.C2H6/c1-20(2,3)31-10-12(8-27-31)19(32)26-9-17-28-18(29-33-17)16-7-13-14(25)5-4-6-15(13)30(16)11-21(22,23)24;1-7-5-3-2-4-6-7;1-2/h4-8,10H,9,11,25H2,1-3H3,(H,26,32);2-6H2,1H3;1-2H3. The van der Waals surface area contributed by atoms with E-state index in [1.165, 1.54) is 44.6 Å². The summed E-state index contributed by atoms with van der Waals surface area (Å²) in [5.41, 5.74) is 6.75. The molecule has 5 rings (SSSR count). The van der Waals surface area contributed by atoms with Gasteiger partial charge in [-0.3, -0.25) is 9.48 Å². The first kappa shape index (κ1) is 32.6. The van der Waals surface area contributed by atoms with Gasteiger partial charge in [0.1, 0.15) is 6.54 Å². The number of alkyl halides is 3. The van der Waals surface area contributed by atoms with E-state index in [1.54, 1.807) is 29.1 Å². The summed E-state index contributed by atoms with van der Waals surface area (Å²) >= 11 is 0. The SMILES string of the molecule is CC.CC(C)(C)n1cc(C(=O)NCc2nc(-c3cc4c(N)cccc4n3CC(F)(F)F)no2)cn1.CN1CCCCC1. The van der Waals surface area contributed by atoms with E-state index in [0.29, 0.717) is 22.2 Å². The molecule has 1 amide bonds. The number of nitrogen functional groups attached to an aromatic ring is 1. The number of amides is 1. The van der Waals surface area contributed by atoms with Crippen LogP contribution in [0.1, 0.15) is 70.1 Å². The van der Waals surface area contributed by atoms with Crippen molar-refractivity contribution >= 4 is 22.5 Å². The average Bonchev–Trinajstić information content (AvgIpc) is 3.68. The third-order valence-electron chi connectivity index (χ3n) is 6.53. The van der Waals surface area contributed by atoms with Crippen LogP contribution in [0.5, 0.6) is 0 Å². The van der Waals surface area contributed by atoms with Gasteiger partial charge in [0.05, 0.1) is 35.1 Å². The highest BCUT2D eigenvalue weighted by Crippen LogP contribution is 2.33. The molecule has 1 saturated heterocycles. The maximum atomic E-state index is 13.2. The molecule has 1 aliphatic heterocycles. The normalized spacial score (nSPS) is 14.1. The topological polar surface area (TPSA) is 120 Å². The second kappa shape index (κ2) is 13.9. The monoisotopic (exact) mass is 590 g/mol. The van der Waals surface area contributed by atoms with Crippen LogP contribution >= 0.6 is 0 Å². The number of piperidine rings is 1. The lowest BCUT2D eigenvalue weighted by Gasteiger charge is -2.20. The Morgan fingerprint density at radius 1 is 1.12 bits per heavy atom. The quantitative estimate of drug-likeness (QED) is 0.280. The van der Waals surface area contributed by atoms with Crippen LogP contribution in [-0.2, 0) is 18.6 Å². The second-order valence-electron chi connectivity index (χ2n) is 10.9. The molecule has 0 saturated carbocycles. The predicted octanol–water partition coefficient (Wildman–Crippen LogP) is 5.85. The first-order valence-electron chi connectivity index (χ1n) is 14.1. The van der Waals surface area contributed by atoms with Crippen molar-refractivity contribution < 1.29 is 22.5 Å². The van der Waals surface area contributed by atoms with E-state index >= 15 is 0 Å². The molecule has 0 aliphatic carbocycles. The minimum absolute atomic E-state index is 0.0401. The summed E-state index contributed by atoms with van der Waals surface area (Å²) in [6.45, 7) is 11.1. The van der Waals surface area contributed by atoms with Crippen LogP contribution in [0.3, 0.4) is 0 Å². The number of aromatic nitrogens is 5. The van der Waals surface area contributed by atoms with Crippen molar-refractivity contribution in [2.24, 2.45) is 0 Å². The summed E-state index contributed by atoms with van der Waals surface area (Å²) in [5, 5.41) is 11.1. The second-order valence-corrected chi connectivity index (χ2v) is 10.9. The molecule has 3 N–H and O–H groups in total. The zero-order valence-corrected chi connectivity index (χ0v) is 25.1. The molecule has 10 nitrogen and oxygen atoms in total. The molecule has 0 bridgehead atoms. The first-order chi connectivity index (χ1) is 19.8. The highest BCUT2D eigenvalue weighted by atomic mass is 19.4. The fourth-order valence-electron chi connectivity index (χ4n) is 4.39. The zero-order valence-electron chi connectivity index (χ0n) is 25.1. The number of hydrogen-bond acceptors (Lipinski definition) is 7. The van der Waals surface area contributed by atoms with E-state index in [9.17, 15) is 18.0 Å². The van der Waals surface area contributed by atoms with E-state index in [2.05, 4.69) is 32.5 Å². The number of anilines is 1. The molecule has 1 aliphatic rings. The Morgan fingerprint density at radius 2 is 1.81 bits per heavy atom. The van der Waals surface area contributed by atoms with Crippen LogP contribution in [0, 0.1) is 0 Å². The molecule has 4 aromatic rings. The van der Waals surface area contributed by atoms with Gasteiger partial charge in [-0.05, 0) is 71.9 Å². The predicted molar refractivity (Wildman–Crippen MR) is 157 cm³/mol. The molecule has 1 fully saturated rings. The number of likely N-dealkylation sites (tertiary alicyclic amines) is 1. The minimum Gasteiger partial charge on any atom is -0.398 e. The number of fused-ring (bicyclic) bond motifs is 1. The molecule has 0 atom stereocenters. The van der Waals surface area contributed by atoms with E-state index in [4.69, 9.17) is 10.3 Å². The maximum absolute atomic E-state index is 13.2. The number of halogens is 3. The van der Waals surface area contributed by atoms with Crippen molar-refractivity contribution in [3.8, 4) is 11.5 Å². The lowest BCUT2D eigenvalue weighted by atomic mass is 10.1. The van der Waals surface area contributed by atoms with Gasteiger partial charge in [-0.2, -0.15) is 23.3 Å². The molecule has 0 spiro atoms. The Bertz CT molecular complexity index is 1440. The van der Waals surface area contributed by atoms with E-state index in [0.717, 1.165) is 4.57 Å². The summed E-state index contributed by atoms with van der Waals surface area (Å²) in [7, 11) is 2.19. The zero-order chi connectivity index (χ0) is 31.1.